The van der Waals surface area contributed by atoms with Gasteiger partial charge in [-0.3, -0.25) is 0 Å². The monoisotopic (exact) mass is 665 g/mol. The highest BCUT2D eigenvalue weighted by Crippen LogP contribution is 2.47. The predicted octanol–water partition coefficient (Wildman–Crippen LogP) is 12.3. The lowest BCUT2D eigenvalue weighted by atomic mass is 9.65. The Hall–Kier alpha value is -6.64. The number of benzene rings is 8. The van der Waals surface area contributed by atoms with E-state index in [1.54, 1.807) is 12.1 Å². The smallest absolute Gasteiger partial charge is 0.0702 e. The van der Waals surface area contributed by atoms with Crippen LogP contribution in [0.4, 0.5) is 0 Å². The average Bonchev–Trinajstić information content (AvgIpc) is 3.88. The van der Waals surface area contributed by atoms with Crippen molar-refractivity contribution in [2.75, 3.05) is 0 Å². The summed E-state index contributed by atoms with van der Waals surface area (Å²) in [7, 11) is 0. The summed E-state index contributed by atoms with van der Waals surface area (Å²) in [6.07, 6.45) is 0. The van der Waals surface area contributed by atoms with Gasteiger partial charge < -0.3 is 9.13 Å². The number of aromatic nitrogens is 2. The molecule has 0 radical (unpaired) electrons. The van der Waals surface area contributed by atoms with Crippen molar-refractivity contribution in [1.82, 2.24) is 9.13 Å². The molecule has 0 saturated carbocycles. The van der Waals surface area contributed by atoms with Crippen molar-refractivity contribution in [3.63, 3.8) is 0 Å². The van der Waals surface area contributed by atoms with Gasteiger partial charge in [0.1, 0.15) is 0 Å². The van der Waals surface area contributed by atoms with Crippen LogP contribution in [0.2, 0.25) is 0 Å². The topological polar surface area (TPSA) is 9.86 Å². The van der Waals surface area contributed by atoms with Gasteiger partial charge in [-0.15, -0.1) is 0 Å². The second-order valence-corrected chi connectivity index (χ2v) is 12.2. The van der Waals surface area contributed by atoms with Gasteiger partial charge in [0.05, 0.1) is 48.0 Å². The Kier molecular flexibility index (Phi) is 4.11. The van der Waals surface area contributed by atoms with Crippen molar-refractivity contribution in [3.8, 4) is 11.4 Å². The van der Waals surface area contributed by atoms with Gasteiger partial charge in [-0.1, -0.05) is 164 Å². The molecular formula is C49H34N2. The molecule has 0 N–H and O–H groups in total. The summed E-state index contributed by atoms with van der Waals surface area (Å²) in [5, 5.41) is -0.756. The van der Waals surface area contributed by atoms with E-state index in [0.29, 0.717) is 5.69 Å². The van der Waals surface area contributed by atoms with E-state index in [2.05, 4.69) is 0 Å². The highest BCUT2D eigenvalue weighted by atomic mass is 15.0. The third-order valence-electron chi connectivity index (χ3n) is 9.61. The van der Waals surface area contributed by atoms with E-state index in [-0.39, 0.29) is 43.6 Å². The van der Waals surface area contributed by atoms with Crippen LogP contribution in [0, 0.1) is 0 Å². The molecule has 0 saturated heterocycles. The van der Waals surface area contributed by atoms with Crippen molar-refractivity contribution < 1.29 is 20.6 Å². The molecule has 0 aliphatic rings. The molecule has 0 aliphatic heterocycles. The Morgan fingerprint density at radius 2 is 0.902 bits per heavy atom. The van der Waals surface area contributed by atoms with Crippen molar-refractivity contribution in [3.05, 3.63) is 228 Å². The zero-order valence-corrected chi connectivity index (χ0v) is 26.9. The van der Waals surface area contributed by atoms with E-state index in [4.69, 9.17) is 13.7 Å². The van der Waals surface area contributed by atoms with E-state index < -0.39 is 102 Å². The Bertz CT molecular complexity index is 3570. The van der Waals surface area contributed by atoms with E-state index in [0.717, 1.165) is 26.8 Å². The van der Waals surface area contributed by atoms with Crippen LogP contribution in [0.15, 0.2) is 206 Å². The lowest BCUT2D eigenvalue weighted by Gasteiger charge is -2.37. The molecule has 0 atom stereocenters. The minimum Gasteiger partial charge on any atom is -0.309 e. The van der Waals surface area contributed by atoms with Crippen LogP contribution >= 0.6 is 0 Å². The Labute approximate surface area is 318 Å². The van der Waals surface area contributed by atoms with Crippen LogP contribution in [0.25, 0.3) is 55.0 Å². The first-order chi connectivity index (χ1) is 31.6. The highest BCUT2D eigenvalue weighted by molar-refractivity contribution is 6.26. The molecule has 10 rings (SSSR count). The third kappa shape index (κ3) is 4.36. The standard InChI is InChI=1S/C49H34N2/c1-5-18-35(19-6-1)49(36-20-7-2-8-21-36,37-22-9-3-10-23-37)38-24-17-27-40(34-38)50-45-31-16-14-29-43(45)47-46(50)33-32-42-41-28-13-15-30-44(41)51(48(42)47)39-25-11-4-12-26-39/h1-34H/i4D,11D,12D,13D,14D,15D,16D,25D,26D,28D,29D,30D,31D,32D,33D. The fourth-order valence-corrected chi connectivity index (χ4v) is 7.60. The molecule has 51 heavy (non-hydrogen) atoms. The molecular weight excluding hydrogens is 617 g/mol. The maximum atomic E-state index is 9.83. The molecule has 10 aromatic rings. The number of para-hydroxylation sites is 3. The number of hydrogen-bond donors (Lipinski definition) is 0. The van der Waals surface area contributed by atoms with Gasteiger partial charge in [0, 0.05) is 32.9 Å². The van der Waals surface area contributed by atoms with Crippen LogP contribution in [0.1, 0.15) is 42.8 Å². The van der Waals surface area contributed by atoms with E-state index in [1.807, 2.05) is 103 Å². The first-order valence-corrected chi connectivity index (χ1v) is 16.4. The molecule has 2 heteroatoms. The molecule has 8 aromatic carbocycles. The van der Waals surface area contributed by atoms with Crippen molar-refractivity contribution in [1.29, 1.82) is 0 Å². The van der Waals surface area contributed by atoms with Gasteiger partial charge in [0.15, 0.2) is 0 Å². The molecule has 0 spiro atoms. The van der Waals surface area contributed by atoms with Crippen LogP contribution in [0.5, 0.6) is 0 Å². The van der Waals surface area contributed by atoms with Gasteiger partial charge in [-0.2, -0.15) is 0 Å². The normalized spacial score (nSPS) is 16.0. The summed E-state index contributed by atoms with van der Waals surface area (Å²) >= 11 is 0. The molecule has 0 aliphatic carbocycles. The Balaban J connectivity index is 1.47. The number of fused-ring (bicyclic) bond motifs is 7. The minimum atomic E-state index is -0.986. The zero-order valence-electron chi connectivity index (χ0n) is 41.9. The van der Waals surface area contributed by atoms with E-state index in [9.17, 15) is 6.85 Å². The van der Waals surface area contributed by atoms with Gasteiger partial charge >= 0.3 is 0 Å². The van der Waals surface area contributed by atoms with Crippen molar-refractivity contribution in [2.45, 2.75) is 5.41 Å². The minimum absolute atomic E-state index is 0.0984. The second kappa shape index (κ2) is 11.8. The van der Waals surface area contributed by atoms with Gasteiger partial charge in [0.2, 0.25) is 0 Å². The summed E-state index contributed by atoms with van der Waals surface area (Å²) < 4.78 is 139. The third-order valence-corrected chi connectivity index (χ3v) is 9.61. The summed E-state index contributed by atoms with van der Waals surface area (Å²) in [6, 6.07) is 27.3. The number of nitrogens with zero attached hydrogens (tertiary/aromatic N) is 2. The largest absolute Gasteiger partial charge is 0.309 e. The SMILES string of the molecule is [2H]c1c([2H])c([2H])c(-n2c3c([2H])c([2H])c([2H])c([2H])c3c3c([2H])c([2H])c4c(c5c([2H])c([2H])c([2H])c([2H])c5n4-c4cccc(C(c5ccccc5)(c5ccccc5)c5ccccc5)c4)c32)c([2H])c1[2H]. The number of hydrogen-bond acceptors (Lipinski definition) is 0. The fourth-order valence-electron chi connectivity index (χ4n) is 7.60. The molecule has 2 heterocycles. The van der Waals surface area contributed by atoms with Crippen LogP contribution in [-0.4, -0.2) is 9.13 Å². The Morgan fingerprint density at radius 3 is 1.53 bits per heavy atom. The first kappa shape index (κ1) is 17.8. The maximum absolute atomic E-state index is 9.83. The van der Waals surface area contributed by atoms with Gasteiger partial charge in [0.25, 0.3) is 0 Å². The Morgan fingerprint density at radius 1 is 0.373 bits per heavy atom. The summed E-state index contributed by atoms with van der Waals surface area (Å²) in [4.78, 5) is 0. The van der Waals surface area contributed by atoms with E-state index in [1.165, 1.54) is 4.57 Å². The predicted molar refractivity (Wildman–Crippen MR) is 213 cm³/mol. The van der Waals surface area contributed by atoms with Crippen LogP contribution in [-0.2, 0) is 5.41 Å². The van der Waals surface area contributed by atoms with Gasteiger partial charge in [-0.25, -0.2) is 0 Å². The quantitative estimate of drug-likeness (QED) is 0.156. The van der Waals surface area contributed by atoms with Gasteiger partial charge in [-0.05, 0) is 64.6 Å². The molecule has 240 valence electrons. The number of rotatable bonds is 6. The van der Waals surface area contributed by atoms with Crippen LogP contribution < -0.4 is 0 Å². The lowest BCUT2D eigenvalue weighted by molar-refractivity contribution is 0.744. The first-order valence-electron chi connectivity index (χ1n) is 23.9. The second-order valence-electron chi connectivity index (χ2n) is 12.2. The summed E-state index contributed by atoms with van der Waals surface area (Å²) in [6.45, 7) is 0. The summed E-state index contributed by atoms with van der Waals surface area (Å²) in [5.74, 6) is 0. The fraction of sp³-hybridized carbons (Fsp3) is 0.0204. The highest BCUT2D eigenvalue weighted by Gasteiger charge is 2.38. The molecule has 0 fully saturated rings. The lowest BCUT2D eigenvalue weighted by Crippen LogP contribution is -2.31. The molecule has 0 amide bonds. The zero-order chi connectivity index (χ0) is 46.8. The molecule has 2 nitrogen and oxygen atoms in total. The van der Waals surface area contributed by atoms with E-state index >= 15 is 0 Å². The molecule has 0 unspecified atom stereocenters. The van der Waals surface area contributed by atoms with Crippen molar-refractivity contribution in [2.24, 2.45) is 0 Å². The average molecular weight is 666 g/mol. The molecule has 2 aromatic heterocycles. The maximum Gasteiger partial charge on any atom is 0.0702 e. The summed E-state index contributed by atoms with van der Waals surface area (Å²) in [5.41, 5.74) is 1.50. The van der Waals surface area contributed by atoms with Crippen molar-refractivity contribution >= 4 is 43.6 Å². The van der Waals surface area contributed by atoms with Crippen LogP contribution in [0.3, 0.4) is 0 Å². The molecule has 0 bridgehead atoms.